The summed E-state index contributed by atoms with van der Waals surface area (Å²) in [6.45, 7) is 3.10. The Morgan fingerprint density at radius 1 is 1.20 bits per heavy atom. The Morgan fingerprint density at radius 2 is 2.12 bits per heavy atom. The fourth-order valence-electron chi connectivity index (χ4n) is 2.87. The summed E-state index contributed by atoms with van der Waals surface area (Å²) in [4.78, 5) is 8.64. The smallest absolute Gasteiger partial charge is 0.141 e. The molecular weight excluding hydrogens is 321 g/mol. The molecule has 0 spiro atoms. The molecule has 1 aromatic heterocycles. The zero-order valence-corrected chi connectivity index (χ0v) is 13.8. The van der Waals surface area contributed by atoms with Crippen LogP contribution >= 0.6 is 0 Å². The fraction of sp³-hybridized carbons (Fsp3) is 0.263. The van der Waals surface area contributed by atoms with E-state index in [0.717, 1.165) is 35.4 Å². The number of rotatable bonds is 4. The second-order valence-electron chi connectivity index (χ2n) is 6.09. The number of hydrogen-bond acceptors (Lipinski definition) is 5. The molecule has 128 valence electrons. The van der Waals surface area contributed by atoms with Crippen LogP contribution in [-0.4, -0.2) is 29.3 Å². The molecule has 1 fully saturated rings. The number of nitrogens with one attached hydrogen (secondary N) is 1. The molecule has 2 aromatic carbocycles. The Morgan fingerprint density at radius 3 is 2.92 bits per heavy atom. The van der Waals surface area contributed by atoms with Crippen LogP contribution in [0.2, 0.25) is 0 Å². The molecule has 0 saturated carbocycles. The molecule has 1 saturated heterocycles. The number of ether oxygens (including phenoxy) is 2. The molecule has 1 aliphatic heterocycles. The highest BCUT2D eigenvalue weighted by molar-refractivity contribution is 5.91. The van der Waals surface area contributed by atoms with Crippen LogP contribution in [0.15, 0.2) is 42.7 Å². The van der Waals surface area contributed by atoms with Gasteiger partial charge < -0.3 is 14.8 Å². The van der Waals surface area contributed by atoms with E-state index in [-0.39, 0.29) is 11.9 Å². The van der Waals surface area contributed by atoms with E-state index in [1.807, 2.05) is 18.2 Å². The lowest BCUT2D eigenvalue weighted by molar-refractivity contribution is 0.141. The third-order valence-corrected chi connectivity index (χ3v) is 4.22. The van der Waals surface area contributed by atoms with E-state index in [1.54, 1.807) is 19.1 Å². The van der Waals surface area contributed by atoms with Gasteiger partial charge in [0.25, 0.3) is 0 Å². The highest BCUT2D eigenvalue weighted by atomic mass is 19.1. The van der Waals surface area contributed by atoms with Crippen LogP contribution < -0.4 is 10.1 Å². The van der Waals surface area contributed by atoms with Crippen molar-refractivity contribution in [3.8, 4) is 5.75 Å². The number of fused-ring (bicyclic) bond motifs is 1. The molecule has 3 aromatic rings. The van der Waals surface area contributed by atoms with Gasteiger partial charge in [0.15, 0.2) is 0 Å². The number of anilines is 2. The summed E-state index contributed by atoms with van der Waals surface area (Å²) in [6.07, 6.45) is 2.50. The number of aryl methyl sites for hydroxylation is 1. The molecule has 0 aliphatic carbocycles. The Balaban J connectivity index is 1.61. The maximum atomic E-state index is 13.4. The summed E-state index contributed by atoms with van der Waals surface area (Å²) in [6, 6.07) is 10.6. The summed E-state index contributed by atoms with van der Waals surface area (Å²) in [5.41, 5.74) is 2.15. The molecule has 25 heavy (non-hydrogen) atoms. The van der Waals surface area contributed by atoms with Gasteiger partial charge >= 0.3 is 0 Å². The summed E-state index contributed by atoms with van der Waals surface area (Å²) in [5, 5.41) is 4.10. The van der Waals surface area contributed by atoms with E-state index in [4.69, 9.17) is 9.47 Å². The predicted octanol–water partition coefficient (Wildman–Crippen LogP) is 3.99. The monoisotopic (exact) mass is 339 g/mol. The number of nitrogens with zero attached hydrogens (tertiary/aromatic N) is 2. The van der Waals surface area contributed by atoms with E-state index in [2.05, 4.69) is 15.3 Å². The van der Waals surface area contributed by atoms with Crippen molar-refractivity contribution in [1.29, 1.82) is 0 Å². The Bertz CT molecular complexity index is 910. The predicted molar refractivity (Wildman–Crippen MR) is 93.8 cm³/mol. The van der Waals surface area contributed by atoms with Gasteiger partial charge in [0.2, 0.25) is 0 Å². The van der Waals surface area contributed by atoms with Gasteiger partial charge in [-0.15, -0.1) is 0 Å². The maximum Gasteiger partial charge on any atom is 0.141 e. The van der Waals surface area contributed by atoms with Gasteiger partial charge in [-0.2, -0.15) is 0 Å². The van der Waals surface area contributed by atoms with Crippen LogP contribution in [0.3, 0.4) is 0 Å². The minimum atomic E-state index is -0.226. The lowest BCUT2D eigenvalue weighted by Gasteiger charge is -2.13. The van der Waals surface area contributed by atoms with Gasteiger partial charge in [0, 0.05) is 23.6 Å². The molecule has 1 unspecified atom stereocenters. The first-order valence-corrected chi connectivity index (χ1v) is 8.21. The highest BCUT2D eigenvalue weighted by Crippen LogP contribution is 2.27. The summed E-state index contributed by atoms with van der Waals surface area (Å²) in [5.74, 6) is 1.22. The lowest BCUT2D eigenvalue weighted by atomic mass is 10.2. The van der Waals surface area contributed by atoms with Crippen molar-refractivity contribution < 1.29 is 13.9 Å². The molecule has 0 bridgehead atoms. The molecule has 1 aliphatic rings. The molecule has 1 atom stereocenters. The van der Waals surface area contributed by atoms with Gasteiger partial charge in [-0.05, 0) is 42.8 Å². The standard InChI is InChI=1S/C19H18FN3O2/c1-12-8-13(2-5-17(12)20)23-19-16-4-3-14(9-18(16)21-11-22-19)25-15-6-7-24-10-15/h2-5,8-9,11,15H,6-7,10H2,1H3,(H,21,22,23). The first-order chi connectivity index (χ1) is 12.2. The molecule has 4 rings (SSSR count). The Hall–Kier alpha value is -2.73. The van der Waals surface area contributed by atoms with Gasteiger partial charge in [-0.25, -0.2) is 14.4 Å². The first kappa shape index (κ1) is 15.8. The van der Waals surface area contributed by atoms with Crippen molar-refractivity contribution in [1.82, 2.24) is 9.97 Å². The summed E-state index contributed by atoms with van der Waals surface area (Å²) in [7, 11) is 0. The molecule has 0 radical (unpaired) electrons. The summed E-state index contributed by atoms with van der Waals surface area (Å²) >= 11 is 0. The second-order valence-corrected chi connectivity index (χ2v) is 6.09. The second kappa shape index (κ2) is 6.64. The number of hydrogen-bond donors (Lipinski definition) is 1. The van der Waals surface area contributed by atoms with Crippen LogP contribution in [0.25, 0.3) is 10.9 Å². The number of aromatic nitrogens is 2. The van der Waals surface area contributed by atoms with Crippen molar-refractivity contribution in [2.24, 2.45) is 0 Å². The third-order valence-electron chi connectivity index (χ3n) is 4.22. The summed E-state index contributed by atoms with van der Waals surface area (Å²) < 4.78 is 24.7. The van der Waals surface area contributed by atoms with Crippen LogP contribution in [0.5, 0.6) is 5.75 Å². The minimum absolute atomic E-state index is 0.0964. The molecular formula is C19H18FN3O2. The molecule has 5 nitrogen and oxygen atoms in total. The molecule has 1 N–H and O–H groups in total. The van der Waals surface area contributed by atoms with Crippen molar-refractivity contribution in [2.45, 2.75) is 19.4 Å². The molecule has 2 heterocycles. The van der Waals surface area contributed by atoms with E-state index in [1.165, 1.54) is 12.4 Å². The average Bonchev–Trinajstić information content (AvgIpc) is 3.11. The average molecular weight is 339 g/mol. The van der Waals surface area contributed by atoms with Crippen LogP contribution in [0.4, 0.5) is 15.9 Å². The van der Waals surface area contributed by atoms with Gasteiger partial charge in [0.05, 0.1) is 18.7 Å². The van der Waals surface area contributed by atoms with E-state index < -0.39 is 0 Å². The zero-order chi connectivity index (χ0) is 17.2. The number of benzene rings is 2. The first-order valence-electron chi connectivity index (χ1n) is 8.21. The zero-order valence-electron chi connectivity index (χ0n) is 13.8. The van der Waals surface area contributed by atoms with Crippen LogP contribution in [-0.2, 0) is 4.74 Å². The molecule has 6 heteroatoms. The van der Waals surface area contributed by atoms with E-state index in [9.17, 15) is 4.39 Å². The maximum absolute atomic E-state index is 13.4. The van der Waals surface area contributed by atoms with Crippen molar-refractivity contribution in [3.05, 3.63) is 54.1 Å². The lowest BCUT2D eigenvalue weighted by Crippen LogP contribution is -2.15. The fourth-order valence-corrected chi connectivity index (χ4v) is 2.87. The highest BCUT2D eigenvalue weighted by Gasteiger charge is 2.17. The topological polar surface area (TPSA) is 56.3 Å². The van der Waals surface area contributed by atoms with Crippen molar-refractivity contribution in [3.63, 3.8) is 0 Å². The van der Waals surface area contributed by atoms with Gasteiger partial charge in [-0.3, -0.25) is 0 Å². The minimum Gasteiger partial charge on any atom is -0.488 e. The van der Waals surface area contributed by atoms with Crippen LogP contribution in [0.1, 0.15) is 12.0 Å². The van der Waals surface area contributed by atoms with E-state index >= 15 is 0 Å². The van der Waals surface area contributed by atoms with Crippen LogP contribution in [0, 0.1) is 12.7 Å². The number of halogens is 1. The van der Waals surface area contributed by atoms with Gasteiger partial charge in [0.1, 0.15) is 29.8 Å². The molecule has 0 amide bonds. The van der Waals surface area contributed by atoms with Gasteiger partial charge in [-0.1, -0.05) is 0 Å². The normalized spacial score (nSPS) is 17.0. The largest absolute Gasteiger partial charge is 0.488 e. The quantitative estimate of drug-likeness (QED) is 0.779. The SMILES string of the molecule is Cc1cc(Nc2ncnc3cc(OC4CCOC4)ccc23)ccc1F. The van der Waals surface area contributed by atoms with Crippen molar-refractivity contribution in [2.75, 3.05) is 18.5 Å². The van der Waals surface area contributed by atoms with E-state index in [0.29, 0.717) is 18.0 Å². The Labute approximate surface area is 144 Å². The Kier molecular flexibility index (Phi) is 4.19. The van der Waals surface area contributed by atoms with Crippen molar-refractivity contribution >= 4 is 22.4 Å². The third kappa shape index (κ3) is 3.39.